The number of carbonyl (C=O) groups is 3. The van der Waals surface area contributed by atoms with E-state index in [0.717, 1.165) is 22.9 Å². The molecule has 0 aromatic heterocycles. The van der Waals surface area contributed by atoms with Crippen LogP contribution >= 0.6 is 24.0 Å². The maximum absolute atomic E-state index is 13.3. The Hall–Kier alpha value is -2.97. The lowest BCUT2D eigenvalue weighted by Gasteiger charge is -2.17. The summed E-state index contributed by atoms with van der Waals surface area (Å²) >= 11 is 6.32. The number of nitrogens with one attached hydrogen (secondary N) is 1. The molecule has 2 aliphatic rings. The van der Waals surface area contributed by atoms with Crippen molar-refractivity contribution in [2.45, 2.75) is 13.8 Å². The van der Waals surface area contributed by atoms with Gasteiger partial charge in [-0.1, -0.05) is 59.9 Å². The van der Waals surface area contributed by atoms with Gasteiger partial charge in [-0.05, 0) is 31.5 Å². The number of anilines is 2. The second kappa shape index (κ2) is 7.70. The molecular weight excluding hydrogens is 418 g/mol. The normalized spacial score (nSPS) is 18.3. The van der Waals surface area contributed by atoms with E-state index in [1.165, 1.54) is 9.80 Å². The molecule has 2 aliphatic heterocycles. The van der Waals surface area contributed by atoms with Crippen LogP contribution in [-0.4, -0.2) is 40.5 Å². The van der Waals surface area contributed by atoms with E-state index in [1.54, 1.807) is 31.3 Å². The van der Waals surface area contributed by atoms with Crippen LogP contribution < -0.4 is 10.2 Å². The van der Waals surface area contributed by atoms with E-state index in [2.05, 4.69) is 5.32 Å². The average Bonchev–Trinajstić information content (AvgIpc) is 3.12. The first-order valence-electron chi connectivity index (χ1n) is 9.30. The number of fused-ring (bicyclic) bond motifs is 1. The Morgan fingerprint density at radius 1 is 1.10 bits per heavy atom. The summed E-state index contributed by atoms with van der Waals surface area (Å²) in [6.07, 6.45) is 0. The van der Waals surface area contributed by atoms with Crippen LogP contribution in [0.5, 0.6) is 0 Å². The Balaban J connectivity index is 1.65. The van der Waals surface area contributed by atoms with Gasteiger partial charge >= 0.3 is 0 Å². The molecular formula is C22H19N3O3S2. The van der Waals surface area contributed by atoms with Crippen molar-refractivity contribution in [1.29, 1.82) is 0 Å². The lowest BCUT2D eigenvalue weighted by Crippen LogP contribution is -2.35. The van der Waals surface area contributed by atoms with E-state index >= 15 is 0 Å². The SMILES string of the molecule is Cc1ccc(NC(=O)CN2C(=O)/C(=C3/SC(=S)N(C)C3=O)c3ccccc32)c(C)c1. The number of thiocarbonyl (C=S) groups is 1. The van der Waals surface area contributed by atoms with E-state index < -0.39 is 0 Å². The quantitative estimate of drug-likeness (QED) is 0.588. The zero-order valence-electron chi connectivity index (χ0n) is 16.7. The number of carbonyl (C=O) groups excluding carboxylic acids is 3. The fraction of sp³-hybridized carbons (Fsp3) is 0.182. The summed E-state index contributed by atoms with van der Waals surface area (Å²) in [5.74, 6) is -0.986. The summed E-state index contributed by atoms with van der Waals surface area (Å²) in [6.45, 7) is 3.75. The van der Waals surface area contributed by atoms with E-state index in [1.807, 2.05) is 32.0 Å². The zero-order valence-corrected chi connectivity index (χ0v) is 18.3. The van der Waals surface area contributed by atoms with Gasteiger partial charge in [-0.2, -0.15) is 0 Å². The maximum atomic E-state index is 13.3. The highest BCUT2D eigenvalue weighted by Crippen LogP contribution is 2.44. The lowest BCUT2D eigenvalue weighted by molar-refractivity contribution is -0.121. The molecule has 2 aromatic carbocycles. The standard InChI is InChI=1S/C22H19N3O3S2/c1-12-8-9-15(13(2)10-12)23-17(26)11-25-16-7-5-4-6-14(16)18(20(25)27)19-21(28)24(3)22(29)30-19/h4-10H,11H2,1-3H3,(H,23,26)/b19-18+. The van der Waals surface area contributed by atoms with Crippen molar-refractivity contribution in [1.82, 2.24) is 4.90 Å². The van der Waals surface area contributed by atoms with Crippen LogP contribution in [0.2, 0.25) is 0 Å². The minimum Gasteiger partial charge on any atom is -0.324 e. The van der Waals surface area contributed by atoms with Crippen LogP contribution in [0.4, 0.5) is 11.4 Å². The van der Waals surface area contributed by atoms with E-state index in [9.17, 15) is 14.4 Å². The number of nitrogens with zero attached hydrogens (tertiary/aromatic N) is 2. The molecule has 30 heavy (non-hydrogen) atoms. The summed E-state index contributed by atoms with van der Waals surface area (Å²) in [4.78, 5) is 41.7. The van der Waals surface area contributed by atoms with Crippen LogP contribution in [0.25, 0.3) is 5.57 Å². The minimum absolute atomic E-state index is 0.154. The summed E-state index contributed by atoms with van der Waals surface area (Å²) in [6, 6.07) is 12.9. The Bertz CT molecular complexity index is 1160. The summed E-state index contributed by atoms with van der Waals surface area (Å²) in [5.41, 5.74) is 4.30. The number of hydrogen-bond acceptors (Lipinski definition) is 5. The molecule has 1 N–H and O–H groups in total. The Morgan fingerprint density at radius 2 is 1.83 bits per heavy atom. The Kier molecular flexibility index (Phi) is 5.21. The van der Waals surface area contributed by atoms with E-state index in [-0.39, 0.29) is 24.3 Å². The van der Waals surface area contributed by atoms with Crippen LogP contribution in [-0.2, 0) is 14.4 Å². The molecule has 4 rings (SSSR count). The molecule has 1 fully saturated rings. The number of hydrogen-bond donors (Lipinski definition) is 1. The largest absolute Gasteiger partial charge is 0.324 e. The van der Waals surface area contributed by atoms with Crippen molar-refractivity contribution >= 4 is 63.0 Å². The third-order valence-electron chi connectivity index (χ3n) is 5.07. The lowest BCUT2D eigenvalue weighted by atomic mass is 10.1. The van der Waals surface area contributed by atoms with Crippen LogP contribution in [0.3, 0.4) is 0 Å². The van der Waals surface area contributed by atoms with Gasteiger partial charge in [0.15, 0.2) is 0 Å². The highest BCUT2D eigenvalue weighted by Gasteiger charge is 2.41. The molecule has 152 valence electrons. The predicted octanol–water partition coefficient (Wildman–Crippen LogP) is 3.49. The fourth-order valence-electron chi connectivity index (χ4n) is 3.54. The Morgan fingerprint density at radius 3 is 2.50 bits per heavy atom. The fourth-order valence-corrected chi connectivity index (χ4v) is 4.79. The molecule has 0 spiro atoms. The number of aryl methyl sites for hydroxylation is 2. The number of thioether (sulfide) groups is 1. The first kappa shape index (κ1) is 20.3. The van der Waals surface area contributed by atoms with Gasteiger partial charge in [0.2, 0.25) is 5.91 Å². The molecule has 1 saturated heterocycles. The molecule has 0 unspecified atom stereocenters. The molecule has 2 aromatic rings. The number of amides is 3. The second-order valence-electron chi connectivity index (χ2n) is 7.21. The maximum Gasteiger partial charge on any atom is 0.266 e. The number of likely N-dealkylation sites (N-methyl/N-ethyl adjacent to an activating group) is 1. The number of rotatable bonds is 3. The molecule has 0 aliphatic carbocycles. The molecule has 0 saturated carbocycles. The van der Waals surface area contributed by atoms with Crippen LogP contribution in [0.15, 0.2) is 47.4 Å². The van der Waals surface area contributed by atoms with Crippen molar-refractivity contribution in [3.8, 4) is 0 Å². The Labute approximate surface area is 183 Å². The molecule has 2 heterocycles. The monoisotopic (exact) mass is 437 g/mol. The van der Waals surface area contributed by atoms with Gasteiger partial charge in [0.1, 0.15) is 10.9 Å². The molecule has 6 nitrogen and oxygen atoms in total. The van der Waals surface area contributed by atoms with E-state index in [0.29, 0.717) is 31.7 Å². The predicted molar refractivity (Wildman–Crippen MR) is 123 cm³/mol. The summed E-state index contributed by atoms with van der Waals surface area (Å²) in [5, 5.41) is 2.87. The molecule has 8 heteroatoms. The van der Waals surface area contributed by atoms with Crippen molar-refractivity contribution in [3.05, 3.63) is 64.1 Å². The van der Waals surface area contributed by atoms with Gasteiger partial charge in [0.05, 0.1) is 16.2 Å². The first-order chi connectivity index (χ1) is 14.3. The third kappa shape index (κ3) is 3.42. The van der Waals surface area contributed by atoms with Gasteiger partial charge in [-0.25, -0.2) is 0 Å². The highest BCUT2D eigenvalue weighted by molar-refractivity contribution is 8.26. The van der Waals surface area contributed by atoms with Crippen LogP contribution in [0, 0.1) is 13.8 Å². The number of benzene rings is 2. The zero-order chi connectivity index (χ0) is 21.6. The second-order valence-corrected chi connectivity index (χ2v) is 8.86. The first-order valence-corrected chi connectivity index (χ1v) is 10.5. The van der Waals surface area contributed by atoms with Crippen LogP contribution in [0.1, 0.15) is 16.7 Å². The number of para-hydroxylation sites is 1. The van der Waals surface area contributed by atoms with Crippen molar-refractivity contribution in [2.75, 3.05) is 23.8 Å². The topological polar surface area (TPSA) is 69.7 Å². The minimum atomic E-state index is -0.374. The van der Waals surface area contributed by atoms with Gasteiger partial charge in [-0.3, -0.25) is 24.2 Å². The van der Waals surface area contributed by atoms with Crippen molar-refractivity contribution in [2.24, 2.45) is 0 Å². The van der Waals surface area contributed by atoms with Gasteiger partial charge in [0.25, 0.3) is 11.8 Å². The molecule has 3 amide bonds. The van der Waals surface area contributed by atoms with E-state index in [4.69, 9.17) is 12.2 Å². The molecule has 0 atom stereocenters. The highest BCUT2D eigenvalue weighted by atomic mass is 32.2. The van der Waals surface area contributed by atoms with Gasteiger partial charge < -0.3 is 5.32 Å². The third-order valence-corrected chi connectivity index (χ3v) is 6.63. The van der Waals surface area contributed by atoms with Gasteiger partial charge in [0, 0.05) is 18.3 Å². The molecule has 0 radical (unpaired) electrons. The van der Waals surface area contributed by atoms with Crippen molar-refractivity contribution in [3.63, 3.8) is 0 Å². The average molecular weight is 438 g/mol. The van der Waals surface area contributed by atoms with Crippen molar-refractivity contribution < 1.29 is 14.4 Å². The smallest absolute Gasteiger partial charge is 0.266 e. The van der Waals surface area contributed by atoms with Gasteiger partial charge in [-0.15, -0.1) is 0 Å². The summed E-state index contributed by atoms with van der Waals surface area (Å²) in [7, 11) is 1.59. The summed E-state index contributed by atoms with van der Waals surface area (Å²) < 4.78 is 0.402. The molecule has 0 bridgehead atoms.